The Labute approximate surface area is 266 Å². The Kier molecular flexibility index (Phi) is 5.35. The Morgan fingerprint density at radius 1 is 0.261 bits per heavy atom. The summed E-state index contributed by atoms with van der Waals surface area (Å²) in [6.07, 6.45) is 0. The van der Waals surface area contributed by atoms with Crippen LogP contribution in [0.3, 0.4) is 0 Å². The minimum absolute atomic E-state index is 1.01. The summed E-state index contributed by atoms with van der Waals surface area (Å²) in [5, 5.41) is 16.4. The summed E-state index contributed by atoms with van der Waals surface area (Å²) < 4.78 is 0. The van der Waals surface area contributed by atoms with E-state index in [2.05, 4.69) is 164 Å². The first-order valence-corrected chi connectivity index (χ1v) is 15.9. The van der Waals surface area contributed by atoms with E-state index in [4.69, 9.17) is 4.98 Å². The Balaban J connectivity index is 1.27. The lowest BCUT2D eigenvalue weighted by molar-refractivity contribution is 1.43. The van der Waals surface area contributed by atoms with E-state index in [1.165, 1.54) is 81.1 Å². The lowest BCUT2D eigenvalue weighted by Gasteiger charge is -2.17. The Bertz CT molecular complexity index is 2830. The maximum atomic E-state index is 5.39. The molecule has 0 aliphatic heterocycles. The molecule has 0 fully saturated rings. The third kappa shape index (κ3) is 3.60. The second-order valence-corrected chi connectivity index (χ2v) is 12.3. The number of rotatable bonds is 2. The predicted octanol–water partition coefficient (Wildman–Crippen LogP) is 12.5. The van der Waals surface area contributed by atoms with Crippen LogP contribution in [0.15, 0.2) is 164 Å². The second kappa shape index (κ2) is 9.72. The van der Waals surface area contributed by atoms with Gasteiger partial charge in [0.2, 0.25) is 0 Å². The maximum absolute atomic E-state index is 5.39. The van der Waals surface area contributed by atoms with Gasteiger partial charge in [0, 0.05) is 21.7 Å². The molecule has 1 nitrogen and oxygen atoms in total. The highest BCUT2D eigenvalue weighted by molar-refractivity contribution is 6.33. The van der Waals surface area contributed by atoms with E-state index in [1.807, 2.05) is 0 Å². The van der Waals surface area contributed by atoms with Crippen molar-refractivity contribution < 1.29 is 0 Å². The molecule has 0 atom stereocenters. The van der Waals surface area contributed by atoms with Crippen LogP contribution >= 0.6 is 0 Å². The smallest absolute Gasteiger partial charge is 0.0794 e. The maximum Gasteiger partial charge on any atom is 0.0794 e. The summed E-state index contributed by atoms with van der Waals surface area (Å²) in [5.41, 5.74) is 5.55. The van der Waals surface area contributed by atoms with Gasteiger partial charge in [-0.1, -0.05) is 146 Å². The van der Waals surface area contributed by atoms with Gasteiger partial charge in [0.15, 0.2) is 0 Å². The van der Waals surface area contributed by atoms with Crippen LogP contribution in [0, 0.1) is 0 Å². The zero-order valence-corrected chi connectivity index (χ0v) is 25.0. The molecular formula is C45H27N. The standard InChI is InChI=1S/C45H27N/c1-2-16-33-31(14-1)32-15-3-4-19-36(32)41-27-29(24-25-37(33)41)28-12-11-13-30(26-28)45-44-39-21-8-6-18-35(39)34-17-5-7-20-38(34)43(44)40-22-9-10-23-42(40)46-45/h1-27H. The molecule has 0 N–H and O–H groups in total. The summed E-state index contributed by atoms with van der Waals surface area (Å²) in [5.74, 6) is 0. The van der Waals surface area contributed by atoms with Crippen LogP contribution in [0.25, 0.3) is 97.9 Å². The summed E-state index contributed by atoms with van der Waals surface area (Å²) in [4.78, 5) is 5.39. The second-order valence-electron chi connectivity index (χ2n) is 12.3. The Morgan fingerprint density at radius 3 is 1.33 bits per heavy atom. The Morgan fingerprint density at radius 2 is 0.696 bits per heavy atom. The molecule has 0 unspecified atom stereocenters. The molecule has 1 heteroatoms. The molecule has 0 saturated carbocycles. The number of fused-ring (bicyclic) bond motifs is 14. The molecule has 0 bridgehead atoms. The predicted molar refractivity (Wildman–Crippen MR) is 198 cm³/mol. The average molecular weight is 582 g/mol. The topological polar surface area (TPSA) is 12.9 Å². The first-order valence-electron chi connectivity index (χ1n) is 15.9. The lowest BCUT2D eigenvalue weighted by Crippen LogP contribution is -1.93. The summed E-state index contributed by atoms with van der Waals surface area (Å²) in [6.45, 7) is 0. The van der Waals surface area contributed by atoms with Crippen molar-refractivity contribution in [2.45, 2.75) is 0 Å². The molecule has 1 heterocycles. The molecule has 0 radical (unpaired) electrons. The van der Waals surface area contributed by atoms with Crippen molar-refractivity contribution >= 4 is 75.5 Å². The van der Waals surface area contributed by atoms with Gasteiger partial charge in [0.1, 0.15) is 0 Å². The van der Waals surface area contributed by atoms with Gasteiger partial charge in [-0.25, -0.2) is 4.98 Å². The molecule has 9 aromatic carbocycles. The number of hydrogen-bond acceptors (Lipinski definition) is 1. The molecule has 1 aromatic heterocycles. The van der Waals surface area contributed by atoms with Crippen LogP contribution in [0.1, 0.15) is 0 Å². The highest BCUT2D eigenvalue weighted by Gasteiger charge is 2.18. The molecule has 0 saturated heterocycles. The molecule has 10 aromatic rings. The van der Waals surface area contributed by atoms with Gasteiger partial charge in [0.05, 0.1) is 11.2 Å². The molecule has 212 valence electrons. The van der Waals surface area contributed by atoms with E-state index < -0.39 is 0 Å². The largest absolute Gasteiger partial charge is 0.247 e. The van der Waals surface area contributed by atoms with Gasteiger partial charge >= 0.3 is 0 Å². The third-order valence-electron chi connectivity index (χ3n) is 9.79. The van der Waals surface area contributed by atoms with Crippen molar-refractivity contribution in [1.82, 2.24) is 4.98 Å². The number of pyridine rings is 1. The molecule has 0 aliphatic carbocycles. The van der Waals surface area contributed by atoms with E-state index in [-0.39, 0.29) is 0 Å². The minimum atomic E-state index is 1.01. The number of nitrogens with zero attached hydrogens (tertiary/aromatic N) is 1. The van der Waals surface area contributed by atoms with Crippen molar-refractivity contribution in [3.63, 3.8) is 0 Å². The van der Waals surface area contributed by atoms with Crippen molar-refractivity contribution in [3.05, 3.63) is 164 Å². The third-order valence-corrected chi connectivity index (χ3v) is 9.79. The van der Waals surface area contributed by atoms with Crippen LogP contribution in [-0.4, -0.2) is 4.98 Å². The molecule has 10 rings (SSSR count). The summed E-state index contributed by atoms with van der Waals surface area (Å²) >= 11 is 0. The number of benzene rings is 9. The van der Waals surface area contributed by atoms with Gasteiger partial charge in [-0.05, 0) is 83.2 Å². The first kappa shape index (κ1) is 25.3. The SMILES string of the molecule is c1cc(-c2ccc3c4ccccc4c4ccccc4c3c2)cc(-c2nc3ccccc3c3c4ccccc4c4ccccc4c23)c1. The van der Waals surface area contributed by atoms with Crippen LogP contribution < -0.4 is 0 Å². The highest BCUT2D eigenvalue weighted by Crippen LogP contribution is 2.43. The van der Waals surface area contributed by atoms with Crippen molar-refractivity contribution in [3.8, 4) is 22.4 Å². The van der Waals surface area contributed by atoms with Crippen molar-refractivity contribution in [2.24, 2.45) is 0 Å². The van der Waals surface area contributed by atoms with E-state index in [0.29, 0.717) is 0 Å². The summed E-state index contributed by atoms with van der Waals surface area (Å²) in [7, 11) is 0. The molecular weight excluding hydrogens is 555 g/mol. The molecule has 46 heavy (non-hydrogen) atoms. The van der Waals surface area contributed by atoms with Crippen LogP contribution in [0.2, 0.25) is 0 Å². The molecule has 0 amide bonds. The van der Waals surface area contributed by atoms with Crippen molar-refractivity contribution in [1.29, 1.82) is 0 Å². The van der Waals surface area contributed by atoms with E-state index in [0.717, 1.165) is 16.8 Å². The fourth-order valence-electron chi connectivity index (χ4n) is 7.77. The average Bonchev–Trinajstić information content (AvgIpc) is 3.14. The van der Waals surface area contributed by atoms with Crippen molar-refractivity contribution in [2.75, 3.05) is 0 Å². The number of aromatic nitrogens is 1. The summed E-state index contributed by atoms with van der Waals surface area (Å²) in [6, 6.07) is 59.6. The fraction of sp³-hybridized carbons (Fsp3) is 0. The number of para-hydroxylation sites is 1. The highest BCUT2D eigenvalue weighted by atomic mass is 14.7. The first-order chi connectivity index (χ1) is 22.8. The molecule has 0 spiro atoms. The van der Waals surface area contributed by atoms with E-state index in [1.54, 1.807) is 0 Å². The zero-order valence-electron chi connectivity index (χ0n) is 25.0. The van der Waals surface area contributed by atoms with Crippen LogP contribution in [0.5, 0.6) is 0 Å². The lowest BCUT2D eigenvalue weighted by atomic mass is 9.89. The van der Waals surface area contributed by atoms with Gasteiger partial charge in [-0.3, -0.25) is 0 Å². The monoisotopic (exact) mass is 581 g/mol. The normalized spacial score (nSPS) is 11.9. The van der Waals surface area contributed by atoms with E-state index in [9.17, 15) is 0 Å². The fourth-order valence-corrected chi connectivity index (χ4v) is 7.77. The van der Waals surface area contributed by atoms with Gasteiger partial charge in [-0.15, -0.1) is 0 Å². The zero-order chi connectivity index (χ0) is 30.2. The minimum Gasteiger partial charge on any atom is -0.247 e. The van der Waals surface area contributed by atoms with Crippen LogP contribution in [-0.2, 0) is 0 Å². The Hall–Kier alpha value is -6.05. The van der Waals surface area contributed by atoms with E-state index >= 15 is 0 Å². The van der Waals surface area contributed by atoms with Gasteiger partial charge in [-0.2, -0.15) is 0 Å². The van der Waals surface area contributed by atoms with Gasteiger partial charge in [0.25, 0.3) is 0 Å². The number of hydrogen-bond donors (Lipinski definition) is 0. The molecule has 0 aliphatic rings. The van der Waals surface area contributed by atoms with Crippen LogP contribution in [0.4, 0.5) is 0 Å². The van der Waals surface area contributed by atoms with Gasteiger partial charge < -0.3 is 0 Å². The quantitative estimate of drug-likeness (QED) is 0.185.